The molecular weight excluding hydrogens is 322 g/mol. The first-order valence-corrected chi connectivity index (χ1v) is 8.43. The minimum atomic E-state index is -0.0978. The number of methoxy groups -OCH3 is 1. The highest BCUT2D eigenvalue weighted by Gasteiger charge is 2.25. The van der Waals surface area contributed by atoms with Crippen LogP contribution in [0.2, 0.25) is 0 Å². The van der Waals surface area contributed by atoms with Gasteiger partial charge in [-0.2, -0.15) is 0 Å². The smallest absolute Gasteiger partial charge is 0.275 e. The van der Waals surface area contributed by atoms with Crippen molar-refractivity contribution in [2.24, 2.45) is 0 Å². The molecule has 25 heavy (non-hydrogen) atoms. The maximum atomic E-state index is 12.5. The van der Waals surface area contributed by atoms with Crippen LogP contribution < -0.4 is 14.8 Å². The first kappa shape index (κ1) is 17.3. The van der Waals surface area contributed by atoms with Crippen molar-refractivity contribution >= 4 is 5.91 Å². The van der Waals surface area contributed by atoms with Crippen LogP contribution in [-0.2, 0) is 6.61 Å². The van der Waals surface area contributed by atoms with Gasteiger partial charge in [-0.15, -0.1) is 0 Å². The molecule has 7 heteroatoms. The van der Waals surface area contributed by atoms with Gasteiger partial charge < -0.3 is 24.1 Å². The lowest BCUT2D eigenvalue weighted by atomic mass is 10.1. The third-order valence-corrected chi connectivity index (χ3v) is 4.23. The average molecular weight is 345 g/mol. The number of amides is 1. The van der Waals surface area contributed by atoms with Gasteiger partial charge in [0.05, 0.1) is 7.11 Å². The molecule has 1 atom stereocenters. The first-order valence-electron chi connectivity index (χ1n) is 8.43. The number of carbonyl (C=O) groups excluding carboxylic acids is 1. The van der Waals surface area contributed by atoms with Gasteiger partial charge in [-0.3, -0.25) is 4.79 Å². The fourth-order valence-electron chi connectivity index (χ4n) is 2.74. The average Bonchev–Trinajstić information content (AvgIpc) is 3.15. The number of hydrogen-bond donors (Lipinski definition) is 1. The van der Waals surface area contributed by atoms with Gasteiger partial charge in [-0.25, -0.2) is 4.98 Å². The maximum absolute atomic E-state index is 12.5. The third-order valence-electron chi connectivity index (χ3n) is 4.23. The van der Waals surface area contributed by atoms with Gasteiger partial charge in [0, 0.05) is 25.7 Å². The molecule has 0 radical (unpaired) electrons. The van der Waals surface area contributed by atoms with E-state index in [4.69, 9.17) is 13.9 Å². The van der Waals surface area contributed by atoms with Gasteiger partial charge in [0.1, 0.15) is 17.8 Å². The molecule has 1 aliphatic heterocycles. The van der Waals surface area contributed by atoms with Crippen molar-refractivity contribution < 1.29 is 18.7 Å². The molecule has 0 bridgehead atoms. The molecule has 1 N–H and O–H groups in total. The van der Waals surface area contributed by atoms with Gasteiger partial charge in [0.25, 0.3) is 5.91 Å². The van der Waals surface area contributed by atoms with Crippen molar-refractivity contribution in [1.82, 2.24) is 15.2 Å². The fourth-order valence-corrected chi connectivity index (χ4v) is 2.74. The summed E-state index contributed by atoms with van der Waals surface area (Å²) in [5.74, 6) is 1.72. The summed E-state index contributed by atoms with van der Waals surface area (Å²) in [4.78, 5) is 18.6. The zero-order valence-electron chi connectivity index (χ0n) is 14.5. The van der Waals surface area contributed by atoms with Crippen LogP contribution in [0.15, 0.2) is 34.9 Å². The van der Waals surface area contributed by atoms with E-state index >= 15 is 0 Å². The summed E-state index contributed by atoms with van der Waals surface area (Å²) in [6, 6.07) is 7.57. The van der Waals surface area contributed by atoms with E-state index in [1.807, 2.05) is 17.0 Å². The second-order valence-electron chi connectivity index (χ2n) is 5.90. The first-order chi connectivity index (χ1) is 12.2. The molecule has 2 aromatic rings. The minimum Gasteiger partial charge on any atom is -0.497 e. The van der Waals surface area contributed by atoms with Crippen LogP contribution in [0.3, 0.4) is 0 Å². The van der Waals surface area contributed by atoms with E-state index in [1.165, 1.54) is 6.26 Å². The molecule has 134 valence electrons. The number of piperazine rings is 1. The zero-order valence-corrected chi connectivity index (χ0v) is 14.5. The molecule has 7 nitrogen and oxygen atoms in total. The number of carbonyl (C=O) groups is 1. The molecule has 0 saturated carbocycles. The van der Waals surface area contributed by atoms with Crippen molar-refractivity contribution in [1.29, 1.82) is 0 Å². The van der Waals surface area contributed by atoms with Crippen LogP contribution in [0.25, 0.3) is 0 Å². The number of rotatable bonds is 6. The summed E-state index contributed by atoms with van der Waals surface area (Å²) in [6.07, 6.45) is 2.39. The number of hydrogen-bond acceptors (Lipinski definition) is 6. The van der Waals surface area contributed by atoms with E-state index in [0.29, 0.717) is 36.5 Å². The fraction of sp³-hybridized carbons (Fsp3) is 0.444. The predicted molar refractivity (Wildman–Crippen MR) is 91.8 cm³/mol. The second-order valence-corrected chi connectivity index (χ2v) is 5.90. The number of nitrogens with zero attached hydrogens (tertiary/aromatic N) is 2. The summed E-state index contributed by atoms with van der Waals surface area (Å²) >= 11 is 0. The molecule has 1 aliphatic rings. The molecule has 1 saturated heterocycles. The minimum absolute atomic E-state index is 0.0978. The standard InChI is InChI=1S/C18H23N3O4/c1-3-13-10-21(9-8-19-13)18(22)16-11-25-17(20-16)12-24-15-6-4-14(23-2)5-7-15/h4-7,11,13,19H,3,8-10,12H2,1-2H3/t13-/m0/s1. The Balaban J connectivity index is 1.57. The number of aromatic nitrogens is 1. The lowest BCUT2D eigenvalue weighted by Crippen LogP contribution is -2.52. The van der Waals surface area contributed by atoms with Crippen molar-refractivity contribution in [2.45, 2.75) is 26.0 Å². The summed E-state index contributed by atoms with van der Waals surface area (Å²) < 4.78 is 16.1. The van der Waals surface area contributed by atoms with Crippen molar-refractivity contribution in [3.05, 3.63) is 42.1 Å². The van der Waals surface area contributed by atoms with Crippen LogP contribution in [0.5, 0.6) is 11.5 Å². The third kappa shape index (κ3) is 4.30. The highest BCUT2D eigenvalue weighted by atomic mass is 16.5. The Labute approximate surface area is 146 Å². The Morgan fingerprint density at radius 1 is 1.36 bits per heavy atom. The van der Waals surface area contributed by atoms with Gasteiger partial charge >= 0.3 is 0 Å². The molecule has 2 heterocycles. The molecule has 1 fully saturated rings. The van der Waals surface area contributed by atoms with Crippen molar-refractivity contribution in [3.63, 3.8) is 0 Å². The molecule has 0 spiro atoms. The lowest BCUT2D eigenvalue weighted by Gasteiger charge is -2.32. The highest BCUT2D eigenvalue weighted by Crippen LogP contribution is 2.18. The highest BCUT2D eigenvalue weighted by molar-refractivity contribution is 5.92. The Bertz CT molecular complexity index is 699. The molecule has 0 unspecified atom stereocenters. The lowest BCUT2D eigenvalue weighted by molar-refractivity contribution is 0.0695. The number of ether oxygens (including phenoxy) is 2. The molecule has 1 aromatic carbocycles. The van der Waals surface area contributed by atoms with Crippen LogP contribution in [0, 0.1) is 0 Å². The largest absolute Gasteiger partial charge is 0.497 e. The quantitative estimate of drug-likeness (QED) is 0.864. The van der Waals surface area contributed by atoms with Gasteiger partial charge in [0.15, 0.2) is 12.3 Å². The molecule has 1 aromatic heterocycles. The van der Waals surface area contributed by atoms with Gasteiger partial charge in [-0.1, -0.05) is 6.92 Å². The van der Waals surface area contributed by atoms with Crippen LogP contribution in [0.4, 0.5) is 0 Å². The summed E-state index contributed by atoms with van der Waals surface area (Å²) in [7, 11) is 1.61. The Morgan fingerprint density at radius 2 is 2.12 bits per heavy atom. The maximum Gasteiger partial charge on any atom is 0.275 e. The molecule has 0 aliphatic carbocycles. The Morgan fingerprint density at radius 3 is 2.84 bits per heavy atom. The van der Waals surface area contributed by atoms with Crippen LogP contribution >= 0.6 is 0 Å². The number of nitrogens with one attached hydrogen (secondary N) is 1. The van der Waals surface area contributed by atoms with E-state index in [1.54, 1.807) is 19.2 Å². The zero-order chi connectivity index (χ0) is 17.6. The van der Waals surface area contributed by atoms with E-state index < -0.39 is 0 Å². The van der Waals surface area contributed by atoms with Crippen LogP contribution in [-0.4, -0.2) is 48.6 Å². The summed E-state index contributed by atoms with van der Waals surface area (Å²) in [5.41, 5.74) is 0.324. The molecule has 1 amide bonds. The van der Waals surface area contributed by atoms with E-state index in [9.17, 15) is 4.79 Å². The number of oxazole rings is 1. The Hall–Kier alpha value is -2.54. The van der Waals surface area contributed by atoms with E-state index in [2.05, 4.69) is 17.2 Å². The normalized spacial score (nSPS) is 17.4. The van der Waals surface area contributed by atoms with E-state index in [0.717, 1.165) is 18.7 Å². The van der Waals surface area contributed by atoms with Gasteiger partial charge in [0.2, 0.25) is 5.89 Å². The topological polar surface area (TPSA) is 76.8 Å². The second kappa shape index (κ2) is 8.02. The molecule has 3 rings (SSSR count). The summed E-state index contributed by atoms with van der Waals surface area (Å²) in [5, 5.41) is 3.39. The number of benzene rings is 1. The monoisotopic (exact) mass is 345 g/mol. The molecular formula is C18H23N3O4. The van der Waals surface area contributed by atoms with Crippen molar-refractivity contribution in [2.75, 3.05) is 26.7 Å². The predicted octanol–water partition coefficient (Wildman–Crippen LogP) is 2.09. The Kier molecular flexibility index (Phi) is 5.55. The van der Waals surface area contributed by atoms with Crippen LogP contribution in [0.1, 0.15) is 29.7 Å². The van der Waals surface area contributed by atoms with Crippen molar-refractivity contribution in [3.8, 4) is 11.5 Å². The summed E-state index contributed by atoms with van der Waals surface area (Å²) in [6.45, 7) is 4.45. The van der Waals surface area contributed by atoms with E-state index in [-0.39, 0.29) is 12.5 Å². The SMILES string of the molecule is CC[C@H]1CN(C(=O)c2coc(COc3ccc(OC)cc3)n2)CCN1. The van der Waals surface area contributed by atoms with Gasteiger partial charge in [-0.05, 0) is 30.7 Å².